The van der Waals surface area contributed by atoms with Crippen molar-refractivity contribution < 1.29 is 34.5 Å². The lowest BCUT2D eigenvalue weighted by Crippen LogP contribution is -2.61. The Morgan fingerprint density at radius 3 is 2.33 bits per heavy atom. The number of hydrogen-bond acceptors (Lipinski definition) is 8. The number of carboxylic acids is 1. The number of carboxylic acid groups (broad SMARTS) is 1. The fourth-order valence-corrected chi connectivity index (χ4v) is 4.67. The molecule has 0 spiro atoms. The molecule has 0 radical (unpaired) electrons. The Kier molecular flexibility index (Phi) is 11.1. The number of fused-ring (bicyclic) bond motifs is 1. The molecule has 42 heavy (non-hydrogen) atoms. The number of rotatable bonds is 11. The third-order valence-corrected chi connectivity index (χ3v) is 7.21. The lowest BCUT2D eigenvalue weighted by Gasteiger charge is -2.34. The van der Waals surface area contributed by atoms with E-state index >= 15 is 0 Å². The summed E-state index contributed by atoms with van der Waals surface area (Å²) in [4.78, 5) is 55.0. The van der Waals surface area contributed by atoms with Crippen molar-refractivity contribution in [1.29, 1.82) is 0 Å². The predicted molar refractivity (Wildman–Crippen MR) is 156 cm³/mol. The average molecular weight is 584 g/mol. The van der Waals surface area contributed by atoms with Crippen molar-refractivity contribution in [3.05, 3.63) is 47.7 Å². The predicted octanol–water partition coefficient (Wildman–Crippen LogP) is 1.52. The quantitative estimate of drug-likeness (QED) is 0.229. The number of nitrogens with one attached hydrogen (secondary N) is 3. The Bertz CT molecular complexity index is 1330. The highest BCUT2D eigenvalue weighted by atomic mass is 16.4. The van der Waals surface area contributed by atoms with Crippen molar-refractivity contribution >= 4 is 40.7 Å². The van der Waals surface area contributed by atoms with Crippen molar-refractivity contribution in [2.75, 3.05) is 6.54 Å². The van der Waals surface area contributed by atoms with Crippen LogP contribution in [0.15, 0.2) is 36.4 Å². The first kappa shape index (κ1) is 32.6. The highest BCUT2D eigenvalue weighted by Crippen LogP contribution is 2.20. The van der Waals surface area contributed by atoms with Gasteiger partial charge in [-0.05, 0) is 57.2 Å². The van der Waals surface area contributed by atoms with Gasteiger partial charge in [-0.1, -0.05) is 44.2 Å². The Balaban J connectivity index is 1.69. The van der Waals surface area contributed by atoms with Crippen LogP contribution in [0.5, 0.6) is 0 Å². The Morgan fingerprint density at radius 2 is 1.71 bits per heavy atom. The number of hydrogen-bond donors (Lipinski definition) is 6. The van der Waals surface area contributed by atoms with Crippen LogP contribution in [0.2, 0.25) is 0 Å². The van der Waals surface area contributed by atoms with E-state index in [-0.39, 0.29) is 5.92 Å². The number of aliphatic hydroxyl groups is 2. The van der Waals surface area contributed by atoms with Gasteiger partial charge < -0.3 is 26.0 Å². The summed E-state index contributed by atoms with van der Waals surface area (Å²) in [5, 5.41) is 36.9. The van der Waals surface area contributed by atoms with Gasteiger partial charge in [0.2, 0.25) is 11.8 Å². The van der Waals surface area contributed by atoms with Gasteiger partial charge in [-0.15, -0.1) is 0 Å². The first-order valence-corrected chi connectivity index (χ1v) is 14.1. The number of aliphatic carboxylic acids is 1. The molecule has 3 amide bonds. The molecule has 1 aliphatic heterocycles. The maximum Gasteiger partial charge on any atom is 0.322 e. The first-order valence-electron chi connectivity index (χ1n) is 14.1. The molecule has 12 nitrogen and oxygen atoms in total. The number of aromatic nitrogens is 1. The van der Waals surface area contributed by atoms with Gasteiger partial charge in [-0.25, -0.2) is 5.43 Å². The summed E-state index contributed by atoms with van der Waals surface area (Å²) < 4.78 is 0. The largest absolute Gasteiger partial charge is 0.480 e. The number of hydrazine groups is 1. The van der Waals surface area contributed by atoms with E-state index in [1.807, 2.05) is 24.3 Å². The van der Waals surface area contributed by atoms with Gasteiger partial charge in [0.1, 0.15) is 18.1 Å². The summed E-state index contributed by atoms with van der Waals surface area (Å²) >= 11 is 0. The molecule has 2 aromatic rings. The fourth-order valence-electron chi connectivity index (χ4n) is 4.67. The van der Waals surface area contributed by atoms with E-state index in [4.69, 9.17) is 0 Å². The first-order chi connectivity index (χ1) is 19.8. The molecule has 1 fully saturated rings. The Hall–Kier alpha value is -3.87. The third kappa shape index (κ3) is 8.34. The summed E-state index contributed by atoms with van der Waals surface area (Å²) in [6.45, 7) is 8.41. The Labute approximate surface area is 245 Å². The molecule has 2 heterocycles. The van der Waals surface area contributed by atoms with Crippen LogP contribution in [0, 0.1) is 11.8 Å². The number of nitrogens with zero attached hydrogens (tertiary/aromatic N) is 2. The summed E-state index contributed by atoms with van der Waals surface area (Å²) in [5.74, 6) is -4.00. The van der Waals surface area contributed by atoms with Crippen molar-refractivity contribution in [1.82, 2.24) is 26.1 Å². The van der Waals surface area contributed by atoms with Gasteiger partial charge >= 0.3 is 5.97 Å². The van der Waals surface area contributed by atoms with Crippen LogP contribution in [0.3, 0.4) is 0 Å². The second-order valence-electron chi connectivity index (χ2n) is 11.1. The van der Waals surface area contributed by atoms with Gasteiger partial charge in [0, 0.05) is 11.9 Å². The van der Waals surface area contributed by atoms with Crippen LogP contribution < -0.4 is 16.1 Å². The minimum Gasteiger partial charge on any atom is -0.480 e. The van der Waals surface area contributed by atoms with Gasteiger partial charge in [0.05, 0.1) is 29.3 Å². The molecule has 0 aliphatic carbocycles. The maximum absolute atomic E-state index is 13.2. The normalized spacial score (nSPS) is 19.2. The second kappa shape index (κ2) is 14.3. The van der Waals surface area contributed by atoms with E-state index in [2.05, 4.69) is 21.0 Å². The minimum absolute atomic E-state index is 0.310. The zero-order valence-electron chi connectivity index (χ0n) is 24.6. The van der Waals surface area contributed by atoms with E-state index in [0.29, 0.717) is 30.6 Å². The molecule has 6 N–H and O–H groups in total. The van der Waals surface area contributed by atoms with E-state index in [0.717, 1.165) is 10.9 Å². The van der Waals surface area contributed by atoms with Crippen molar-refractivity contribution in [2.45, 2.75) is 77.8 Å². The topological polar surface area (TPSA) is 181 Å². The van der Waals surface area contributed by atoms with Crippen LogP contribution in [0.4, 0.5) is 0 Å². The molecular weight excluding hydrogens is 542 g/mol. The minimum atomic E-state index is -1.06. The number of benzene rings is 1. The number of aliphatic hydroxyl groups excluding tert-OH is 2. The number of carbonyl (C=O) groups is 4. The molecule has 1 aliphatic rings. The van der Waals surface area contributed by atoms with Crippen molar-refractivity contribution in [3.8, 4) is 0 Å². The van der Waals surface area contributed by atoms with Crippen LogP contribution in [0.25, 0.3) is 17.0 Å². The highest BCUT2D eigenvalue weighted by molar-refractivity contribution is 5.93. The number of amides is 3. The maximum atomic E-state index is 13.2. The van der Waals surface area contributed by atoms with Crippen LogP contribution >= 0.6 is 0 Å². The number of pyridine rings is 1. The van der Waals surface area contributed by atoms with Crippen LogP contribution in [0.1, 0.15) is 64.8 Å². The molecule has 0 unspecified atom stereocenters. The van der Waals surface area contributed by atoms with Gasteiger partial charge in [0.15, 0.2) is 0 Å². The smallest absolute Gasteiger partial charge is 0.322 e. The molecule has 12 heteroatoms. The van der Waals surface area contributed by atoms with Crippen LogP contribution in [-0.4, -0.2) is 79.8 Å². The summed E-state index contributed by atoms with van der Waals surface area (Å²) in [6.07, 6.45) is 2.37. The lowest BCUT2D eigenvalue weighted by molar-refractivity contribution is -0.148. The van der Waals surface area contributed by atoms with Gasteiger partial charge in [0.25, 0.3) is 5.91 Å². The van der Waals surface area contributed by atoms with Crippen LogP contribution in [-0.2, 0) is 19.2 Å². The molecular formula is C30H41N5O7. The van der Waals surface area contributed by atoms with Gasteiger partial charge in [-0.3, -0.25) is 29.2 Å². The molecule has 0 bridgehead atoms. The molecule has 1 saturated heterocycles. The zero-order chi connectivity index (χ0) is 31.1. The molecule has 3 rings (SSSR count). The van der Waals surface area contributed by atoms with E-state index in [9.17, 15) is 34.5 Å². The van der Waals surface area contributed by atoms with Crippen molar-refractivity contribution in [2.24, 2.45) is 11.8 Å². The molecule has 1 aromatic carbocycles. The average Bonchev–Trinajstić information content (AvgIpc) is 2.94. The SMILES string of the molecule is CC(C)[C@H](NC(=O)[C@H](C=Cc1ccc2ccc([C@@H](C)O)nc2c1)[C@H](C)O)C(=O)N[C@@H](C)C(=O)N1CCC[C@@H](C(=O)O)N1. The molecule has 6 atom stereocenters. The van der Waals surface area contributed by atoms with Gasteiger partial charge in [-0.2, -0.15) is 0 Å². The zero-order valence-corrected chi connectivity index (χ0v) is 24.6. The fraction of sp³-hybridized carbons (Fsp3) is 0.500. The molecule has 228 valence electrons. The Morgan fingerprint density at radius 1 is 1.02 bits per heavy atom. The summed E-state index contributed by atoms with van der Waals surface area (Å²) in [6, 6.07) is 6.30. The van der Waals surface area contributed by atoms with E-state index in [1.165, 1.54) is 18.9 Å². The second-order valence-corrected chi connectivity index (χ2v) is 11.1. The van der Waals surface area contributed by atoms with Crippen molar-refractivity contribution in [3.63, 3.8) is 0 Å². The summed E-state index contributed by atoms with van der Waals surface area (Å²) in [5.41, 5.74) is 4.62. The van der Waals surface area contributed by atoms with E-state index in [1.54, 1.807) is 39.0 Å². The standard InChI is InChI=1S/C30H41N5O7/c1-16(2)26(28(39)31-17(3)29(40)35-14-6-7-24(34-35)30(41)42)33-27(38)22(18(4)36)12-9-20-8-10-21-11-13-23(19(5)37)32-25(21)15-20/h8-13,15-19,22,24,26,34,36-37H,6-7,14H2,1-5H3,(H,31,39)(H,33,38)(H,41,42)/t17-,18-,19+,22+,24-,26-/m0/s1. The van der Waals surface area contributed by atoms with E-state index < -0.39 is 59.9 Å². The highest BCUT2D eigenvalue weighted by Gasteiger charge is 2.33. The summed E-state index contributed by atoms with van der Waals surface area (Å²) in [7, 11) is 0. The molecule has 0 saturated carbocycles. The third-order valence-electron chi connectivity index (χ3n) is 7.21. The number of carbonyl (C=O) groups excluding carboxylic acids is 3. The monoisotopic (exact) mass is 583 g/mol. The lowest BCUT2D eigenvalue weighted by atomic mass is 9.97. The molecule has 1 aromatic heterocycles.